The molecule has 0 amide bonds. The second-order valence-electron chi connectivity index (χ2n) is 9.21. The zero-order valence-corrected chi connectivity index (χ0v) is 18.8. The number of anilines is 1. The van der Waals surface area contributed by atoms with E-state index in [4.69, 9.17) is 9.47 Å². The van der Waals surface area contributed by atoms with E-state index in [0.717, 1.165) is 39.4 Å². The molecule has 1 unspecified atom stereocenters. The van der Waals surface area contributed by atoms with Crippen molar-refractivity contribution in [3.63, 3.8) is 0 Å². The Balaban J connectivity index is 1.43. The number of nitrogens with zero attached hydrogens (tertiary/aromatic N) is 3. The fraction of sp³-hybridized carbons (Fsp3) is 0.269. The molecule has 7 heteroatoms. The summed E-state index contributed by atoms with van der Waals surface area (Å²) in [6, 6.07) is 21.0. The number of aromatic nitrogens is 4. The van der Waals surface area contributed by atoms with Gasteiger partial charge in [0.15, 0.2) is 0 Å². The van der Waals surface area contributed by atoms with Crippen LogP contribution in [0.1, 0.15) is 31.0 Å². The van der Waals surface area contributed by atoms with Gasteiger partial charge in [-0.3, -0.25) is 0 Å². The number of tetrazole rings is 1. The first-order valence-corrected chi connectivity index (χ1v) is 11.1. The van der Waals surface area contributed by atoms with E-state index in [2.05, 4.69) is 70.1 Å². The highest BCUT2D eigenvalue weighted by molar-refractivity contribution is 5.74. The number of fused-ring (bicyclic) bond motifs is 4. The van der Waals surface area contributed by atoms with Crippen LogP contribution in [0.5, 0.6) is 11.5 Å². The van der Waals surface area contributed by atoms with E-state index >= 15 is 0 Å². The minimum Gasteiger partial charge on any atom is -0.496 e. The Morgan fingerprint density at radius 1 is 1.00 bits per heavy atom. The summed E-state index contributed by atoms with van der Waals surface area (Å²) in [5.41, 5.74) is 6.64. The Labute approximate surface area is 192 Å². The topological polar surface area (TPSA) is 85.0 Å². The van der Waals surface area contributed by atoms with Crippen molar-refractivity contribution in [3.05, 3.63) is 71.8 Å². The molecule has 33 heavy (non-hydrogen) atoms. The number of hydrogen-bond acceptors (Lipinski definition) is 6. The van der Waals surface area contributed by atoms with Crippen molar-refractivity contribution < 1.29 is 9.47 Å². The number of nitrogens with one attached hydrogen (secondary N) is 2. The molecule has 7 nitrogen and oxygen atoms in total. The first-order valence-electron chi connectivity index (χ1n) is 11.1. The standard InChI is InChI=1S/C26H25N5O2/c1-26(2)18-13-16(15-6-4-7-17(12-15)25-28-30-31-29-25)10-11-20(18)27-24-19(26)14-33-22-9-5-8-21(32-3)23(22)24/h4-13,19,24,27H,14H2,1-3H3,(H,28,29,30,31)/t19?,24-/m0/s1. The molecule has 3 aromatic carbocycles. The fourth-order valence-corrected chi connectivity index (χ4v) is 5.28. The number of H-pyrrole nitrogens is 1. The van der Waals surface area contributed by atoms with Crippen molar-refractivity contribution in [1.29, 1.82) is 0 Å². The summed E-state index contributed by atoms with van der Waals surface area (Å²) in [5, 5.41) is 18.2. The molecule has 0 saturated heterocycles. The van der Waals surface area contributed by atoms with Crippen molar-refractivity contribution in [2.45, 2.75) is 25.3 Å². The lowest BCUT2D eigenvalue weighted by Gasteiger charge is -2.48. The van der Waals surface area contributed by atoms with Crippen molar-refractivity contribution in [1.82, 2.24) is 20.6 Å². The van der Waals surface area contributed by atoms with Crippen molar-refractivity contribution in [2.24, 2.45) is 5.92 Å². The van der Waals surface area contributed by atoms with Crippen LogP contribution in [0, 0.1) is 5.92 Å². The monoisotopic (exact) mass is 439 g/mol. The van der Waals surface area contributed by atoms with Gasteiger partial charge in [-0.1, -0.05) is 44.2 Å². The zero-order valence-electron chi connectivity index (χ0n) is 18.8. The highest BCUT2D eigenvalue weighted by atomic mass is 16.5. The van der Waals surface area contributed by atoms with Gasteiger partial charge < -0.3 is 14.8 Å². The number of benzene rings is 3. The molecule has 0 aliphatic carbocycles. The van der Waals surface area contributed by atoms with Crippen LogP contribution in [0.15, 0.2) is 60.7 Å². The molecule has 3 heterocycles. The van der Waals surface area contributed by atoms with Gasteiger partial charge in [0.25, 0.3) is 0 Å². The van der Waals surface area contributed by atoms with Gasteiger partial charge in [-0.05, 0) is 52.2 Å². The van der Waals surface area contributed by atoms with Crippen LogP contribution in [0.3, 0.4) is 0 Å². The van der Waals surface area contributed by atoms with E-state index in [0.29, 0.717) is 12.4 Å². The van der Waals surface area contributed by atoms with E-state index in [9.17, 15) is 0 Å². The number of methoxy groups -OCH3 is 1. The lowest BCUT2D eigenvalue weighted by atomic mass is 9.65. The maximum atomic E-state index is 6.22. The summed E-state index contributed by atoms with van der Waals surface area (Å²) >= 11 is 0. The van der Waals surface area contributed by atoms with E-state index in [1.807, 2.05) is 30.3 Å². The molecule has 2 atom stereocenters. The summed E-state index contributed by atoms with van der Waals surface area (Å²) in [4.78, 5) is 0. The molecule has 0 fully saturated rings. The van der Waals surface area contributed by atoms with Crippen LogP contribution in [0.25, 0.3) is 22.5 Å². The zero-order chi connectivity index (χ0) is 22.6. The summed E-state index contributed by atoms with van der Waals surface area (Å²) in [7, 11) is 1.72. The SMILES string of the molecule is COc1cccc2c1[C@H]1Nc3ccc(-c4cccc(-c5nn[nH]n5)c4)cc3C(C)(C)C1CO2. The largest absolute Gasteiger partial charge is 0.496 e. The highest BCUT2D eigenvalue weighted by Gasteiger charge is 2.47. The van der Waals surface area contributed by atoms with Gasteiger partial charge in [-0.25, -0.2) is 0 Å². The molecule has 1 aromatic heterocycles. The first kappa shape index (κ1) is 19.8. The van der Waals surface area contributed by atoms with E-state index in [-0.39, 0.29) is 17.4 Å². The van der Waals surface area contributed by atoms with E-state index < -0.39 is 0 Å². The molecule has 2 N–H and O–H groups in total. The summed E-state index contributed by atoms with van der Waals surface area (Å²) in [6.07, 6.45) is 0. The predicted octanol–water partition coefficient (Wildman–Crippen LogP) is 5.00. The smallest absolute Gasteiger partial charge is 0.204 e. The van der Waals surface area contributed by atoms with Crippen molar-refractivity contribution >= 4 is 5.69 Å². The number of ether oxygens (including phenoxy) is 2. The first-order chi connectivity index (χ1) is 16.1. The van der Waals surface area contributed by atoms with Crippen LogP contribution in [0.2, 0.25) is 0 Å². The molecular weight excluding hydrogens is 414 g/mol. The highest BCUT2D eigenvalue weighted by Crippen LogP contribution is 2.54. The number of hydrogen-bond donors (Lipinski definition) is 2. The summed E-state index contributed by atoms with van der Waals surface area (Å²) in [6.45, 7) is 5.28. The summed E-state index contributed by atoms with van der Waals surface area (Å²) in [5.74, 6) is 2.61. The third-order valence-electron chi connectivity index (χ3n) is 7.13. The predicted molar refractivity (Wildman–Crippen MR) is 126 cm³/mol. The van der Waals surface area contributed by atoms with Gasteiger partial charge in [0.1, 0.15) is 11.5 Å². The van der Waals surface area contributed by atoms with Crippen LogP contribution >= 0.6 is 0 Å². The fourth-order valence-electron chi connectivity index (χ4n) is 5.28. The minimum atomic E-state index is -0.106. The van der Waals surface area contributed by atoms with Gasteiger partial charge in [-0.2, -0.15) is 5.21 Å². The van der Waals surface area contributed by atoms with Gasteiger partial charge in [0.2, 0.25) is 5.82 Å². The van der Waals surface area contributed by atoms with Crippen molar-refractivity contribution in [2.75, 3.05) is 19.0 Å². The molecule has 2 aliphatic heterocycles. The molecule has 2 aliphatic rings. The lowest BCUT2D eigenvalue weighted by Crippen LogP contribution is -2.46. The Kier molecular flexibility index (Phi) is 4.40. The maximum absolute atomic E-state index is 6.22. The van der Waals surface area contributed by atoms with Crippen LogP contribution in [-0.2, 0) is 5.41 Å². The molecule has 0 spiro atoms. The third kappa shape index (κ3) is 3.07. The minimum absolute atomic E-state index is 0.106. The quantitative estimate of drug-likeness (QED) is 0.468. The van der Waals surface area contributed by atoms with Crippen molar-refractivity contribution in [3.8, 4) is 34.0 Å². The maximum Gasteiger partial charge on any atom is 0.204 e. The molecule has 0 saturated carbocycles. The van der Waals surface area contributed by atoms with Crippen LogP contribution < -0.4 is 14.8 Å². The van der Waals surface area contributed by atoms with Crippen LogP contribution in [0.4, 0.5) is 5.69 Å². The molecule has 6 rings (SSSR count). The Hall–Kier alpha value is -3.87. The van der Waals surface area contributed by atoms with Gasteiger partial charge >= 0.3 is 0 Å². The second kappa shape index (κ2) is 7.33. The third-order valence-corrected chi connectivity index (χ3v) is 7.13. The Morgan fingerprint density at radius 2 is 1.82 bits per heavy atom. The van der Waals surface area contributed by atoms with Gasteiger partial charge in [-0.15, -0.1) is 10.2 Å². The molecule has 0 bridgehead atoms. The number of aromatic amines is 1. The molecular formula is C26H25N5O2. The molecule has 166 valence electrons. The van der Waals surface area contributed by atoms with E-state index in [1.54, 1.807) is 7.11 Å². The normalized spacial score (nSPS) is 20.0. The average Bonchev–Trinajstić information content (AvgIpc) is 3.38. The number of rotatable bonds is 3. The van der Waals surface area contributed by atoms with Gasteiger partial charge in [0.05, 0.1) is 25.3 Å². The lowest BCUT2D eigenvalue weighted by molar-refractivity contribution is 0.133. The van der Waals surface area contributed by atoms with Gasteiger partial charge in [0, 0.05) is 22.6 Å². The Bertz CT molecular complexity index is 1320. The Morgan fingerprint density at radius 3 is 2.64 bits per heavy atom. The van der Waals surface area contributed by atoms with Crippen LogP contribution in [-0.4, -0.2) is 34.3 Å². The average molecular weight is 440 g/mol. The molecule has 4 aromatic rings. The summed E-state index contributed by atoms with van der Waals surface area (Å²) < 4.78 is 11.9. The van der Waals surface area contributed by atoms with E-state index in [1.165, 1.54) is 5.56 Å². The molecule has 0 radical (unpaired) electrons. The second-order valence-corrected chi connectivity index (χ2v) is 9.21.